The summed E-state index contributed by atoms with van der Waals surface area (Å²) in [4.78, 5) is 0. The number of hydrogen-bond acceptors (Lipinski definition) is 0. The van der Waals surface area contributed by atoms with Gasteiger partial charge in [-0.1, -0.05) is 60.7 Å². The standard InChI is InChI=1S/C29H26N/c1-5-8-22-20(3)17-19(2)18-28(22)29-27-14-13-24-23-10-7-6-9-21(23)11-12-25(24)26(27)15-16-30(29)4/h5-18H,1-4H3/q+1/b8-5-. The Labute approximate surface area is 177 Å². The van der Waals surface area contributed by atoms with Crippen molar-refractivity contribution in [3.63, 3.8) is 0 Å². The van der Waals surface area contributed by atoms with Gasteiger partial charge in [0.2, 0.25) is 5.69 Å². The van der Waals surface area contributed by atoms with Crippen LogP contribution in [0.1, 0.15) is 23.6 Å². The SMILES string of the molecule is C/C=C\c1c(C)cc(C)cc1-c1c2ccc3c4ccccc4ccc3c2cc[n+]1C. The van der Waals surface area contributed by atoms with Crippen LogP contribution in [0, 0.1) is 13.8 Å². The van der Waals surface area contributed by atoms with Gasteiger partial charge in [-0.25, -0.2) is 4.57 Å². The summed E-state index contributed by atoms with van der Waals surface area (Å²) >= 11 is 0. The van der Waals surface area contributed by atoms with E-state index in [0.29, 0.717) is 0 Å². The van der Waals surface area contributed by atoms with Crippen molar-refractivity contribution in [2.75, 3.05) is 0 Å². The molecule has 0 fully saturated rings. The topological polar surface area (TPSA) is 3.88 Å². The first-order chi connectivity index (χ1) is 14.6. The Balaban J connectivity index is 1.92. The molecule has 30 heavy (non-hydrogen) atoms. The second-order valence-electron chi connectivity index (χ2n) is 8.23. The number of allylic oxidation sites excluding steroid dienone is 1. The molecule has 0 amide bonds. The summed E-state index contributed by atoms with van der Waals surface area (Å²) in [5.41, 5.74) is 6.46. The van der Waals surface area contributed by atoms with Crippen molar-refractivity contribution in [3.05, 3.63) is 95.7 Å². The molecule has 0 saturated carbocycles. The molecule has 4 aromatic carbocycles. The summed E-state index contributed by atoms with van der Waals surface area (Å²) < 4.78 is 2.26. The van der Waals surface area contributed by atoms with Gasteiger partial charge in [0, 0.05) is 11.5 Å². The molecule has 0 aliphatic heterocycles. The zero-order valence-electron chi connectivity index (χ0n) is 18.0. The lowest BCUT2D eigenvalue weighted by atomic mass is 9.91. The summed E-state index contributed by atoms with van der Waals surface area (Å²) in [6.45, 7) is 6.48. The number of pyridine rings is 1. The zero-order valence-corrected chi connectivity index (χ0v) is 18.0. The van der Waals surface area contributed by atoms with E-state index in [2.05, 4.69) is 117 Å². The quantitative estimate of drug-likeness (QED) is 0.221. The molecule has 1 aromatic heterocycles. The van der Waals surface area contributed by atoms with Crippen LogP contribution in [-0.2, 0) is 7.05 Å². The van der Waals surface area contributed by atoms with Crippen LogP contribution in [0.2, 0.25) is 0 Å². The predicted octanol–water partition coefficient (Wildman–Crippen LogP) is 7.29. The van der Waals surface area contributed by atoms with Crippen LogP contribution in [0.4, 0.5) is 0 Å². The molecule has 0 radical (unpaired) electrons. The molecule has 0 spiro atoms. The number of benzene rings is 4. The van der Waals surface area contributed by atoms with E-state index in [1.54, 1.807) is 0 Å². The largest absolute Gasteiger partial charge is 0.220 e. The minimum atomic E-state index is 1.27. The number of nitrogens with zero attached hydrogens (tertiary/aromatic N) is 1. The third-order valence-corrected chi connectivity index (χ3v) is 6.16. The number of fused-ring (bicyclic) bond motifs is 5. The molecule has 5 aromatic rings. The van der Waals surface area contributed by atoms with Crippen LogP contribution in [0.3, 0.4) is 0 Å². The smallest absolute Gasteiger partial charge is 0.200 e. The lowest BCUT2D eigenvalue weighted by Crippen LogP contribution is -2.30. The first kappa shape index (κ1) is 18.6. The fourth-order valence-electron chi connectivity index (χ4n) is 4.85. The molecule has 0 N–H and O–H groups in total. The van der Waals surface area contributed by atoms with Crippen LogP contribution >= 0.6 is 0 Å². The second-order valence-corrected chi connectivity index (χ2v) is 8.23. The Kier molecular flexibility index (Phi) is 4.40. The van der Waals surface area contributed by atoms with E-state index < -0.39 is 0 Å². The van der Waals surface area contributed by atoms with Crippen LogP contribution in [0.15, 0.2) is 79.0 Å². The van der Waals surface area contributed by atoms with Gasteiger partial charge in [0.25, 0.3) is 0 Å². The Morgan fingerprint density at radius 1 is 0.733 bits per heavy atom. The molecular formula is C29H26N+. The maximum atomic E-state index is 2.32. The summed E-state index contributed by atoms with van der Waals surface area (Å²) in [6.07, 6.45) is 6.56. The van der Waals surface area contributed by atoms with Crippen molar-refractivity contribution in [1.82, 2.24) is 0 Å². The Bertz CT molecular complexity index is 1470. The number of hydrogen-bond donors (Lipinski definition) is 0. The highest BCUT2D eigenvalue weighted by Gasteiger charge is 2.20. The molecule has 0 saturated heterocycles. The molecular weight excluding hydrogens is 362 g/mol. The number of rotatable bonds is 2. The van der Waals surface area contributed by atoms with Crippen LogP contribution in [0.25, 0.3) is 49.7 Å². The highest BCUT2D eigenvalue weighted by Crippen LogP contribution is 2.36. The van der Waals surface area contributed by atoms with E-state index in [9.17, 15) is 0 Å². The van der Waals surface area contributed by atoms with Gasteiger partial charge in [-0.2, -0.15) is 0 Å². The molecule has 5 rings (SSSR count). The molecule has 0 aliphatic rings. The Hall–Kier alpha value is -3.45. The van der Waals surface area contributed by atoms with Gasteiger partial charge in [0.15, 0.2) is 6.20 Å². The van der Waals surface area contributed by atoms with Crippen molar-refractivity contribution < 1.29 is 4.57 Å². The van der Waals surface area contributed by atoms with Gasteiger partial charge < -0.3 is 0 Å². The highest BCUT2D eigenvalue weighted by molar-refractivity contribution is 6.18. The van der Waals surface area contributed by atoms with E-state index in [0.717, 1.165) is 0 Å². The average molecular weight is 389 g/mol. The average Bonchev–Trinajstić information content (AvgIpc) is 2.75. The molecule has 1 heteroatoms. The van der Waals surface area contributed by atoms with Crippen LogP contribution in [-0.4, -0.2) is 0 Å². The van der Waals surface area contributed by atoms with Gasteiger partial charge in [-0.15, -0.1) is 0 Å². The third-order valence-electron chi connectivity index (χ3n) is 6.16. The van der Waals surface area contributed by atoms with Crippen LogP contribution in [0.5, 0.6) is 0 Å². The van der Waals surface area contributed by atoms with Gasteiger partial charge >= 0.3 is 0 Å². The fourth-order valence-corrected chi connectivity index (χ4v) is 4.85. The molecule has 0 unspecified atom stereocenters. The minimum Gasteiger partial charge on any atom is -0.200 e. The summed E-state index contributed by atoms with van der Waals surface area (Å²) in [5.74, 6) is 0. The van der Waals surface area contributed by atoms with Crippen molar-refractivity contribution in [2.24, 2.45) is 7.05 Å². The molecule has 146 valence electrons. The molecule has 0 bridgehead atoms. The van der Waals surface area contributed by atoms with E-state index in [4.69, 9.17) is 0 Å². The van der Waals surface area contributed by atoms with E-state index in [1.807, 2.05) is 0 Å². The predicted molar refractivity (Wildman–Crippen MR) is 130 cm³/mol. The minimum absolute atomic E-state index is 1.27. The first-order valence-corrected chi connectivity index (χ1v) is 10.6. The summed E-state index contributed by atoms with van der Waals surface area (Å²) in [6, 6.07) is 24.6. The molecule has 1 heterocycles. The van der Waals surface area contributed by atoms with E-state index in [1.165, 1.54) is 60.3 Å². The number of aromatic nitrogens is 1. The normalized spacial score (nSPS) is 11.9. The van der Waals surface area contributed by atoms with Gasteiger partial charge in [-0.05, 0) is 71.1 Å². The zero-order chi connectivity index (χ0) is 20.8. The first-order valence-electron chi connectivity index (χ1n) is 10.6. The maximum Gasteiger partial charge on any atom is 0.220 e. The van der Waals surface area contributed by atoms with E-state index >= 15 is 0 Å². The van der Waals surface area contributed by atoms with Gasteiger partial charge in [0.05, 0.1) is 10.9 Å². The van der Waals surface area contributed by atoms with Crippen molar-refractivity contribution in [1.29, 1.82) is 0 Å². The van der Waals surface area contributed by atoms with Crippen molar-refractivity contribution >= 4 is 38.4 Å². The lowest BCUT2D eigenvalue weighted by Gasteiger charge is -2.13. The Morgan fingerprint density at radius 2 is 1.43 bits per heavy atom. The van der Waals surface area contributed by atoms with Crippen LogP contribution < -0.4 is 4.57 Å². The third kappa shape index (κ3) is 2.81. The lowest BCUT2D eigenvalue weighted by molar-refractivity contribution is -0.659. The van der Waals surface area contributed by atoms with Crippen molar-refractivity contribution in [3.8, 4) is 11.3 Å². The maximum absolute atomic E-state index is 2.32. The molecule has 0 atom stereocenters. The Morgan fingerprint density at radius 3 is 2.27 bits per heavy atom. The monoisotopic (exact) mass is 388 g/mol. The van der Waals surface area contributed by atoms with E-state index in [-0.39, 0.29) is 0 Å². The summed E-state index contributed by atoms with van der Waals surface area (Å²) in [5, 5.41) is 7.82. The fraction of sp³-hybridized carbons (Fsp3) is 0.138. The molecule has 0 aliphatic carbocycles. The summed E-state index contributed by atoms with van der Waals surface area (Å²) in [7, 11) is 2.15. The number of aryl methyl sites for hydroxylation is 3. The van der Waals surface area contributed by atoms with Crippen molar-refractivity contribution in [2.45, 2.75) is 20.8 Å². The van der Waals surface area contributed by atoms with Gasteiger partial charge in [0.1, 0.15) is 7.05 Å². The molecule has 1 nitrogen and oxygen atoms in total. The highest BCUT2D eigenvalue weighted by atomic mass is 14.9. The van der Waals surface area contributed by atoms with Gasteiger partial charge in [-0.3, -0.25) is 0 Å². The second kappa shape index (κ2) is 7.11.